The summed E-state index contributed by atoms with van der Waals surface area (Å²) in [7, 11) is 0. The van der Waals surface area contributed by atoms with Crippen LogP contribution >= 0.6 is 11.8 Å². The van der Waals surface area contributed by atoms with Crippen LogP contribution in [0.2, 0.25) is 0 Å². The van der Waals surface area contributed by atoms with Gasteiger partial charge in [0.1, 0.15) is 6.29 Å². The van der Waals surface area contributed by atoms with Crippen molar-refractivity contribution in [3.63, 3.8) is 0 Å². The van der Waals surface area contributed by atoms with E-state index in [1.165, 1.54) is 11.8 Å². The third-order valence-corrected chi connectivity index (χ3v) is 3.85. The van der Waals surface area contributed by atoms with Crippen molar-refractivity contribution in [1.29, 1.82) is 0 Å². The zero-order valence-electron chi connectivity index (χ0n) is 11.1. The number of hydrogen-bond acceptors (Lipinski definition) is 3. The number of amides is 1. The molecule has 0 aromatic heterocycles. The monoisotopic (exact) mass is 285 g/mol. The molecule has 1 atom stereocenters. The van der Waals surface area contributed by atoms with Crippen LogP contribution in [0.25, 0.3) is 0 Å². The van der Waals surface area contributed by atoms with Gasteiger partial charge in [0.25, 0.3) is 0 Å². The van der Waals surface area contributed by atoms with Crippen molar-refractivity contribution in [1.82, 2.24) is 0 Å². The first kappa shape index (κ1) is 14.3. The summed E-state index contributed by atoms with van der Waals surface area (Å²) in [5.41, 5.74) is 1.43. The average Bonchev–Trinajstić information content (AvgIpc) is 2.49. The van der Waals surface area contributed by atoms with Crippen LogP contribution in [-0.2, 0) is 4.79 Å². The minimum atomic E-state index is -0.211. The van der Waals surface area contributed by atoms with Gasteiger partial charge in [-0.25, -0.2) is 0 Å². The van der Waals surface area contributed by atoms with Gasteiger partial charge in [0.15, 0.2) is 0 Å². The molecule has 0 aliphatic carbocycles. The molecule has 0 saturated heterocycles. The second-order valence-electron chi connectivity index (χ2n) is 4.30. The molecule has 0 aliphatic heterocycles. The molecule has 2 aromatic carbocycles. The summed E-state index contributed by atoms with van der Waals surface area (Å²) in [4.78, 5) is 23.6. The number of nitrogens with one attached hydrogen (secondary N) is 1. The number of carbonyl (C=O) groups excluding carboxylic acids is 2. The highest BCUT2D eigenvalue weighted by Crippen LogP contribution is 2.24. The normalized spacial score (nSPS) is 11.7. The predicted octanol–water partition coefficient (Wildman–Crippen LogP) is 3.62. The number of rotatable bonds is 5. The number of hydrogen-bond donors (Lipinski definition) is 1. The van der Waals surface area contributed by atoms with Crippen LogP contribution in [0.4, 0.5) is 5.69 Å². The van der Waals surface area contributed by atoms with E-state index in [0.717, 1.165) is 16.9 Å². The topological polar surface area (TPSA) is 46.2 Å². The summed E-state index contributed by atoms with van der Waals surface area (Å²) in [5, 5.41) is 2.66. The van der Waals surface area contributed by atoms with Crippen LogP contribution in [0.1, 0.15) is 17.3 Å². The fraction of sp³-hybridized carbons (Fsp3) is 0.125. The van der Waals surface area contributed by atoms with Gasteiger partial charge in [-0.3, -0.25) is 9.59 Å². The Bertz CT molecular complexity index is 581. The largest absolute Gasteiger partial charge is 0.325 e. The zero-order valence-corrected chi connectivity index (χ0v) is 11.9. The van der Waals surface area contributed by atoms with Gasteiger partial charge >= 0.3 is 0 Å². The maximum atomic E-state index is 12.1. The molecule has 0 spiro atoms. The van der Waals surface area contributed by atoms with Crippen molar-refractivity contribution < 1.29 is 9.59 Å². The van der Waals surface area contributed by atoms with Gasteiger partial charge in [-0.2, -0.15) is 0 Å². The molecule has 0 saturated carbocycles. The predicted molar refractivity (Wildman–Crippen MR) is 82.2 cm³/mol. The van der Waals surface area contributed by atoms with E-state index < -0.39 is 0 Å². The Kier molecular flexibility index (Phi) is 4.96. The van der Waals surface area contributed by atoms with Crippen molar-refractivity contribution >= 4 is 29.6 Å². The second-order valence-corrected chi connectivity index (χ2v) is 5.72. The van der Waals surface area contributed by atoms with Crippen LogP contribution in [0.5, 0.6) is 0 Å². The van der Waals surface area contributed by atoms with Crippen molar-refractivity contribution in [2.45, 2.75) is 17.1 Å². The number of carbonyl (C=O) groups is 2. The van der Waals surface area contributed by atoms with Crippen LogP contribution in [-0.4, -0.2) is 17.4 Å². The molecule has 1 unspecified atom stereocenters. The lowest BCUT2D eigenvalue weighted by molar-refractivity contribution is -0.115. The van der Waals surface area contributed by atoms with Gasteiger partial charge in [-0.15, -0.1) is 11.8 Å². The molecular formula is C16H15NO2S. The molecule has 2 rings (SSSR count). The highest BCUT2D eigenvalue weighted by atomic mass is 32.2. The molecule has 0 radical (unpaired) electrons. The Labute approximate surface area is 122 Å². The summed E-state index contributed by atoms with van der Waals surface area (Å²) in [6, 6.07) is 16.6. The maximum absolute atomic E-state index is 12.1. The smallest absolute Gasteiger partial charge is 0.237 e. The van der Waals surface area contributed by atoms with E-state index in [9.17, 15) is 9.59 Å². The van der Waals surface area contributed by atoms with Crippen LogP contribution in [0, 0.1) is 0 Å². The molecular weight excluding hydrogens is 270 g/mol. The van der Waals surface area contributed by atoms with Crippen molar-refractivity contribution in [3.8, 4) is 0 Å². The minimum Gasteiger partial charge on any atom is -0.325 e. The van der Waals surface area contributed by atoms with Crippen molar-refractivity contribution in [3.05, 3.63) is 60.2 Å². The molecule has 2 aromatic rings. The summed E-state index contributed by atoms with van der Waals surface area (Å²) < 4.78 is 0. The van der Waals surface area contributed by atoms with Crippen LogP contribution < -0.4 is 5.32 Å². The summed E-state index contributed by atoms with van der Waals surface area (Å²) in [6.45, 7) is 1.86. The number of aldehydes is 1. The molecule has 1 N–H and O–H groups in total. The van der Waals surface area contributed by atoms with Gasteiger partial charge in [-0.05, 0) is 31.2 Å². The molecule has 102 valence electrons. The third-order valence-electron chi connectivity index (χ3n) is 2.74. The molecule has 4 heteroatoms. The standard InChI is InChI=1S/C16H15NO2S/c1-12(16(19)17-14-5-3-2-4-6-14)20-15-9-7-13(11-18)8-10-15/h2-12H,1H3,(H,17,19). The van der Waals surface area contributed by atoms with E-state index in [2.05, 4.69) is 5.32 Å². The highest BCUT2D eigenvalue weighted by Gasteiger charge is 2.14. The Morgan fingerprint density at radius 3 is 2.35 bits per heavy atom. The molecule has 20 heavy (non-hydrogen) atoms. The lowest BCUT2D eigenvalue weighted by atomic mass is 10.2. The molecule has 0 aliphatic rings. The summed E-state index contributed by atoms with van der Waals surface area (Å²) >= 11 is 1.46. The van der Waals surface area contributed by atoms with Gasteiger partial charge in [-0.1, -0.05) is 30.3 Å². The summed E-state index contributed by atoms with van der Waals surface area (Å²) in [5.74, 6) is -0.0411. The number of benzene rings is 2. The SMILES string of the molecule is CC(Sc1ccc(C=O)cc1)C(=O)Nc1ccccc1. The van der Waals surface area contributed by atoms with Crippen LogP contribution in [0.15, 0.2) is 59.5 Å². The number of anilines is 1. The number of para-hydroxylation sites is 1. The van der Waals surface area contributed by atoms with E-state index in [1.54, 1.807) is 12.1 Å². The second kappa shape index (κ2) is 6.91. The van der Waals surface area contributed by atoms with Crippen LogP contribution in [0.3, 0.4) is 0 Å². The molecule has 0 fully saturated rings. The lowest BCUT2D eigenvalue weighted by Gasteiger charge is -2.12. The maximum Gasteiger partial charge on any atom is 0.237 e. The lowest BCUT2D eigenvalue weighted by Crippen LogP contribution is -2.22. The zero-order chi connectivity index (χ0) is 14.4. The molecule has 0 heterocycles. The van der Waals surface area contributed by atoms with Gasteiger partial charge in [0.05, 0.1) is 5.25 Å². The number of thioether (sulfide) groups is 1. The van der Waals surface area contributed by atoms with Gasteiger partial charge in [0.2, 0.25) is 5.91 Å². The Morgan fingerprint density at radius 1 is 1.10 bits per heavy atom. The Morgan fingerprint density at radius 2 is 1.75 bits per heavy atom. The van der Waals surface area contributed by atoms with E-state index in [4.69, 9.17) is 0 Å². The van der Waals surface area contributed by atoms with Gasteiger partial charge < -0.3 is 5.32 Å². The minimum absolute atomic E-state index is 0.0411. The Balaban J connectivity index is 1.95. The first-order chi connectivity index (χ1) is 9.69. The van der Waals surface area contributed by atoms with E-state index in [-0.39, 0.29) is 11.2 Å². The van der Waals surface area contributed by atoms with E-state index >= 15 is 0 Å². The quantitative estimate of drug-likeness (QED) is 0.674. The first-order valence-electron chi connectivity index (χ1n) is 6.27. The fourth-order valence-electron chi connectivity index (χ4n) is 1.65. The van der Waals surface area contributed by atoms with E-state index in [1.807, 2.05) is 49.4 Å². The fourth-order valence-corrected chi connectivity index (χ4v) is 2.52. The third kappa shape index (κ3) is 3.96. The summed E-state index contributed by atoms with van der Waals surface area (Å²) in [6.07, 6.45) is 0.806. The highest BCUT2D eigenvalue weighted by molar-refractivity contribution is 8.00. The van der Waals surface area contributed by atoms with E-state index in [0.29, 0.717) is 5.56 Å². The first-order valence-corrected chi connectivity index (χ1v) is 7.15. The Hall–Kier alpha value is -2.07. The molecule has 0 bridgehead atoms. The van der Waals surface area contributed by atoms with Crippen molar-refractivity contribution in [2.75, 3.05) is 5.32 Å². The van der Waals surface area contributed by atoms with Gasteiger partial charge in [0, 0.05) is 16.1 Å². The average molecular weight is 285 g/mol. The molecule has 3 nitrogen and oxygen atoms in total. The molecule has 1 amide bonds. The van der Waals surface area contributed by atoms with Crippen molar-refractivity contribution in [2.24, 2.45) is 0 Å².